The van der Waals surface area contributed by atoms with Gasteiger partial charge in [0.15, 0.2) is 5.70 Å². The van der Waals surface area contributed by atoms with Gasteiger partial charge in [-0.1, -0.05) is 35.9 Å². The minimum absolute atomic E-state index is 0.238. The SMILES string of the molecule is O=C1OC(c2ccccc2Cl)=N/C1=C/c1cccc(I)c1. The van der Waals surface area contributed by atoms with Crippen LogP contribution >= 0.6 is 34.2 Å². The van der Waals surface area contributed by atoms with Crippen LogP contribution in [-0.4, -0.2) is 11.9 Å². The first kappa shape index (κ1) is 14.3. The highest BCUT2D eigenvalue weighted by Gasteiger charge is 2.25. The van der Waals surface area contributed by atoms with Crippen LogP contribution < -0.4 is 0 Å². The first-order valence-corrected chi connectivity index (χ1v) is 7.62. The summed E-state index contributed by atoms with van der Waals surface area (Å²) in [5, 5.41) is 0.500. The first-order valence-electron chi connectivity index (χ1n) is 6.16. The van der Waals surface area contributed by atoms with Crippen molar-refractivity contribution in [3.8, 4) is 0 Å². The molecule has 0 bridgehead atoms. The highest BCUT2D eigenvalue weighted by Crippen LogP contribution is 2.23. The number of halogens is 2. The van der Waals surface area contributed by atoms with E-state index < -0.39 is 5.97 Å². The maximum atomic E-state index is 11.9. The number of aliphatic imine (C=N–C) groups is 1. The molecule has 1 heterocycles. The van der Waals surface area contributed by atoms with E-state index in [9.17, 15) is 4.79 Å². The Labute approximate surface area is 140 Å². The molecule has 0 radical (unpaired) electrons. The molecule has 1 aliphatic heterocycles. The summed E-state index contributed by atoms with van der Waals surface area (Å²) in [4.78, 5) is 16.2. The van der Waals surface area contributed by atoms with Crippen LogP contribution in [0.4, 0.5) is 0 Å². The lowest BCUT2D eigenvalue weighted by atomic mass is 10.2. The summed E-state index contributed by atoms with van der Waals surface area (Å²) in [5.74, 6) is -0.230. The fourth-order valence-electron chi connectivity index (χ4n) is 1.91. The number of hydrogen-bond donors (Lipinski definition) is 0. The van der Waals surface area contributed by atoms with E-state index in [1.54, 1.807) is 18.2 Å². The van der Waals surface area contributed by atoms with Gasteiger partial charge >= 0.3 is 5.97 Å². The summed E-state index contributed by atoms with van der Waals surface area (Å²) in [6, 6.07) is 14.9. The van der Waals surface area contributed by atoms with Crippen LogP contribution in [0.2, 0.25) is 5.02 Å². The van der Waals surface area contributed by atoms with Crippen molar-refractivity contribution < 1.29 is 9.53 Å². The van der Waals surface area contributed by atoms with Crippen molar-refractivity contribution in [1.82, 2.24) is 0 Å². The van der Waals surface area contributed by atoms with Crippen molar-refractivity contribution in [1.29, 1.82) is 0 Å². The molecule has 2 aromatic carbocycles. The average Bonchev–Trinajstić information content (AvgIpc) is 2.80. The van der Waals surface area contributed by atoms with Gasteiger partial charge in [0.2, 0.25) is 5.90 Å². The van der Waals surface area contributed by atoms with Crippen molar-refractivity contribution in [2.75, 3.05) is 0 Å². The van der Waals surface area contributed by atoms with Crippen molar-refractivity contribution >= 4 is 52.1 Å². The minimum atomic E-state index is -0.469. The second-order valence-corrected chi connectivity index (χ2v) is 6.02. The Hall–Kier alpha value is -1.66. The van der Waals surface area contributed by atoms with E-state index in [4.69, 9.17) is 16.3 Å². The summed E-state index contributed by atoms with van der Waals surface area (Å²) in [5.41, 5.74) is 1.78. The summed E-state index contributed by atoms with van der Waals surface area (Å²) >= 11 is 8.30. The number of hydrogen-bond acceptors (Lipinski definition) is 3. The van der Waals surface area contributed by atoms with Crippen molar-refractivity contribution in [2.45, 2.75) is 0 Å². The zero-order valence-corrected chi connectivity index (χ0v) is 13.6. The predicted molar refractivity (Wildman–Crippen MR) is 91.2 cm³/mol. The van der Waals surface area contributed by atoms with E-state index in [1.165, 1.54) is 0 Å². The Balaban J connectivity index is 1.98. The molecule has 0 atom stereocenters. The number of nitrogens with zero attached hydrogens (tertiary/aromatic N) is 1. The Morgan fingerprint density at radius 2 is 1.95 bits per heavy atom. The predicted octanol–water partition coefficient (Wildman–Crippen LogP) is 4.29. The fourth-order valence-corrected chi connectivity index (χ4v) is 2.70. The third-order valence-corrected chi connectivity index (χ3v) is 3.88. The summed E-state index contributed by atoms with van der Waals surface area (Å²) in [7, 11) is 0. The van der Waals surface area contributed by atoms with E-state index in [0.29, 0.717) is 10.6 Å². The second-order valence-electron chi connectivity index (χ2n) is 4.37. The Kier molecular flexibility index (Phi) is 4.07. The smallest absolute Gasteiger partial charge is 0.363 e. The number of carbonyl (C=O) groups excluding carboxylic acids is 1. The molecule has 5 heteroatoms. The van der Waals surface area contributed by atoms with Gasteiger partial charge in [-0.25, -0.2) is 9.79 Å². The summed E-state index contributed by atoms with van der Waals surface area (Å²) in [6.45, 7) is 0. The second kappa shape index (κ2) is 5.99. The zero-order chi connectivity index (χ0) is 14.8. The maximum Gasteiger partial charge on any atom is 0.363 e. The molecule has 0 aliphatic carbocycles. The van der Waals surface area contributed by atoms with Crippen LogP contribution in [0, 0.1) is 3.57 Å². The van der Waals surface area contributed by atoms with Crippen LogP contribution in [0.25, 0.3) is 6.08 Å². The van der Waals surface area contributed by atoms with E-state index in [0.717, 1.165) is 9.13 Å². The molecule has 0 unspecified atom stereocenters. The number of cyclic esters (lactones) is 1. The fraction of sp³-hybridized carbons (Fsp3) is 0. The number of ether oxygens (including phenoxy) is 1. The molecular formula is C16H9ClINO2. The van der Waals surface area contributed by atoms with Gasteiger partial charge in [-0.05, 0) is 58.5 Å². The largest absolute Gasteiger partial charge is 0.402 e. The van der Waals surface area contributed by atoms with Crippen LogP contribution in [0.15, 0.2) is 59.2 Å². The van der Waals surface area contributed by atoms with Crippen molar-refractivity contribution in [2.24, 2.45) is 4.99 Å². The lowest BCUT2D eigenvalue weighted by molar-refractivity contribution is -0.129. The van der Waals surface area contributed by atoms with Gasteiger partial charge in [0.05, 0.1) is 10.6 Å². The molecule has 0 amide bonds. The Morgan fingerprint density at radius 3 is 2.71 bits per heavy atom. The lowest BCUT2D eigenvalue weighted by Crippen LogP contribution is -2.05. The van der Waals surface area contributed by atoms with Crippen LogP contribution in [-0.2, 0) is 9.53 Å². The molecule has 1 aliphatic rings. The normalized spacial score (nSPS) is 16.0. The van der Waals surface area contributed by atoms with Crippen molar-refractivity contribution in [3.05, 3.63) is 73.9 Å². The minimum Gasteiger partial charge on any atom is -0.402 e. The highest BCUT2D eigenvalue weighted by atomic mass is 127. The first-order chi connectivity index (χ1) is 10.1. The van der Waals surface area contributed by atoms with Gasteiger partial charge in [-0.3, -0.25) is 0 Å². The van der Waals surface area contributed by atoms with Gasteiger partial charge in [-0.2, -0.15) is 0 Å². The third kappa shape index (κ3) is 3.16. The van der Waals surface area contributed by atoms with E-state index >= 15 is 0 Å². The average molecular weight is 410 g/mol. The number of rotatable bonds is 2. The molecule has 0 fully saturated rings. The van der Waals surface area contributed by atoms with Crippen molar-refractivity contribution in [3.63, 3.8) is 0 Å². The van der Waals surface area contributed by atoms with Crippen LogP contribution in [0.5, 0.6) is 0 Å². The Morgan fingerprint density at radius 1 is 1.14 bits per heavy atom. The standard InChI is InChI=1S/C16H9ClINO2/c17-13-7-2-1-6-12(13)15-19-14(16(20)21-15)9-10-4-3-5-11(18)8-10/h1-9H/b14-9+. The van der Waals surface area contributed by atoms with E-state index in [2.05, 4.69) is 27.6 Å². The molecule has 104 valence electrons. The summed E-state index contributed by atoms with van der Waals surface area (Å²) < 4.78 is 6.29. The molecule has 0 saturated heterocycles. The van der Waals surface area contributed by atoms with E-state index in [-0.39, 0.29) is 11.6 Å². The lowest BCUT2D eigenvalue weighted by Gasteiger charge is -2.00. The van der Waals surface area contributed by atoms with Gasteiger partial charge in [0.1, 0.15) is 0 Å². The van der Waals surface area contributed by atoms with Gasteiger partial charge in [0.25, 0.3) is 0 Å². The maximum absolute atomic E-state index is 11.9. The van der Waals surface area contributed by atoms with Gasteiger partial charge < -0.3 is 4.74 Å². The monoisotopic (exact) mass is 409 g/mol. The summed E-state index contributed by atoms with van der Waals surface area (Å²) in [6.07, 6.45) is 1.70. The zero-order valence-electron chi connectivity index (χ0n) is 10.7. The van der Waals surface area contributed by atoms with E-state index in [1.807, 2.05) is 36.4 Å². The third-order valence-electron chi connectivity index (χ3n) is 2.88. The Bertz CT molecular complexity index is 783. The molecule has 21 heavy (non-hydrogen) atoms. The number of esters is 1. The molecule has 0 saturated carbocycles. The molecule has 2 aromatic rings. The molecule has 0 N–H and O–H groups in total. The van der Waals surface area contributed by atoms with Crippen LogP contribution in [0.3, 0.4) is 0 Å². The highest BCUT2D eigenvalue weighted by molar-refractivity contribution is 14.1. The number of carbonyl (C=O) groups is 1. The molecular weight excluding hydrogens is 401 g/mol. The van der Waals surface area contributed by atoms with Gasteiger partial charge in [-0.15, -0.1) is 0 Å². The van der Waals surface area contributed by atoms with Crippen LogP contribution in [0.1, 0.15) is 11.1 Å². The quantitative estimate of drug-likeness (QED) is 0.422. The number of benzene rings is 2. The molecule has 3 rings (SSSR count). The topological polar surface area (TPSA) is 38.7 Å². The molecule has 3 nitrogen and oxygen atoms in total. The van der Waals surface area contributed by atoms with Gasteiger partial charge in [0, 0.05) is 3.57 Å². The molecule has 0 aromatic heterocycles. The molecule has 0 spiro atoms.